The molecule has 1 saturated carbocycles. The van der Waals surface area contributed by atoms with Crippen LogP contribution in [0.25, 0.3) is 0 Å². The largest absolute Gasteiger partial charge is 0.444 e. The number of ether oxygens (including phenoxy) is 1. The highest BCUT2D eigenvalue weighted by molar-refractivity contribution is 5.68. The first-order valence-corrected chi connectivity index (χ1v) is 9.15. The van der Waals surface area contributed by atoms with Gasteiger partial charge in [-0.3, -0.25) is 0 Å². The molecule has 2 aliphatic rings. The molecule has 3 atom stereocenters. The van der Waals surface area contributed by atoms with E-state index in [0.29, 0.717) is 18.0 Å². The lowest BCUT2D eigenvalue weighted by Gasteiger charge is -2.45. The van der Waals surface area contributed by atoms with Crippen molar-refractivity contribution in [3.8, 4) is 0 Å². The summed E-state index contributed by atoms with van der Waals surface area (Å²) in [7, 11) is 0. The van der Waals surface area contributed by atoms with Crippen molar-refractivity contribution in [2.24, 2.45) is 5.92 Å². The molecule has 0 aromatic carbocycles. The molecule has 2 rings (SSSR count). The Morgan fingerprint density at radius 1 is 1.14 bits per heavy atom. The van der Waals surface area contributed by atoms with Crippen molar-refractivity contribution < 1.29 is 9.53 Å². The van der Waals surface area contributed by atoms with Crippen LogP contribution in [-0.4, -0.2) is 41.8 Å². The molecule has 1 N–H and O–H groups in total. The van der Waals surface area contributed by atoms with E-state index in [9.17, 15) is 4.79 Å². The Morgan fingerprint density at radius 2 is 1.82 bits per heavy atom. The van der Waals surface area contributed by atoms with Gasteiger partial charge in [0.2, 0.25) is 0 Å². The number of rotatable bonds is 3. The zero-order valence-electron chi connectivity index (χ0n) is 14.9. The fraction of sp³-hybridized carbons (Fsp3) is 0.944. The molecule has 4 heteroatoms. The molecule has 0 radical (unpaired) electrons. The third-order valence-electron chi connectivity index (χ3n) is 4.96. The summed E-state index contributed by atoms with van der Waals surface area (Å²) in [5.41, 5.74) is -0.410. The third kappa shape index (κ3) is 4.61. The minimum atomic E-state index is -0.410. The second-order valence-corrected chi connectivity index (χ2v) is 7.85. The van der Waals surface area contributed by atoms with Crippen LogP contribution in [0.1, 0.15) is 72.6 Å². The molecule has 1 heterocycles. The summed E-state index contributed by atoms with van der Waals surface area (Å²) in [6, 6.07) is 0.916. The summed E-state index contributed by atoms with van der Waals surface area (Å²) in [6.45, 7) is 9.90. The molecule has 2 fully saturated rings. The van der Waals surface area contributed by atoms with Crippen LogP contribution in [0.5, 0.6) is 0 Å². The van der Waals surface area contributed by atoms with Gasteiger partial charge in [-0.1, -0.05) is 19.8 Å². The second-order valence-electron chi connectivity index (χ2n) is 7.85. The average Bonchev–Trinajstić information content (AvgIpc) is 2.46. The van der Waals surface area contributed by atoms with E-state index in [2.05, 4.69) is 12.2 Å². The van der Waals surface area contributed by atoms with Gasteiger partial charge in [-0.15, -0.1) is 0 Å². The Kier molecular flexibility index (Phi) is 6.13. The average molecular weight is 310 g/mol. The summed E-state index contributed by atoms with van der Waals surface area (Å²) < 4.78 is 5.66. The first-order chi connectivity index (χ1) is 10.4. The van der Waals surface area contributed by atoms with Crippen molar-refractivity contribution in [2.45, 2.75) is 90.3 Å². The fourth-order valence-corrected chi connectivity index (χ4v) is 4.09. The Bertz CT molecular complexity index is 363. The van der Waals surface area contributed by atoms with Crippen LogP contribution in [-0.2, 0) is 4.74 Å². The Hall–Kier alpha value is -0.770. The van der Waals surface area contributed by atoms with Crippen LogP contribution in [0.3, 0.4) is 0 Å². The molecule has 1 aliphatic carbocycles. The minimum absolute atomic E-state index is 0.113. The van der Waals surface area contributed by atoms with Crippen molar-refractivity contribution in [3.63, 3.8) is 0 Å². The van der Waals surface area contributed by atoms with E-state index >= 15 is 0 Å². The monoisotopic (exact) mass is 310 g/mol. The zero-order chi connectivity index (χ0) is 16.2. The number of carbonyl (C=O) groups is 1. The lowest BCUT2D eigenvalue weighted by molar-refractivity contribution is -0.00516. The Balaban J connectivity index is 2.09. The molecular formula is C18H34N2O2. The summed E-state index contributed by atoms with van der Waals surface area (Å²) in [4.78, 5) is 14.7. The molecule has 128 valence electrons. The maximum absolute atomic E-state index is 12.6. The molecular weight excluding hydrogens is 276 g/mol. The molecule has 22 heavy (non-hydrogen) atoms. The van der Waals surface area contributed by atoms with Crippen LogP contribution in [0.15, 0.2) is 0 Å². The fourth-order valence-electron chi connectivity index (χ4n) is 4.09. The molecule has 1 aliphatic heterocycles. The van der Waals surface area contributed by atoms with Crippen LogP contribution < -0.4 is 5.32 Å². The van der Waals surface area contributed by atoms with E-state index in [-0.39, 0.29) is 6.09 Å². The number of nitrogens with one attached hydrogen (secondary N) is 1. The summed E-state index contributed by atoms with van der Waals surface area (Å²) >= 11 is 0. The highest BCUT2D eigenvalue weighted by Gasteiger charge is 2.39. The number of piperidine rings is 1. The Morgan fingerprint density at radius 3 is 2.50 bits per heavy atom. The van der Waals surface area contributed by atoms with Crippen molar-refractivity contribution in [2.75, 3.05) is 13.1 Å². The van der Waals surface area contributed by atoms with Gasteiger partial charge >= 0.3 is 6.09 Å². The van der Waals surface area contributed by atoms with E-state index in [1.165, 1.54) is 32.1 Å². The van der Waals surface area contributed by atoms with E-state index in [4.69, 9.17) is 4.74 Å². The lowest BCUT2D eigenvalue weighted by Crippen LogP contribution is -2.54. The SMILES string of the molecule is CCNC1CCCCC1C1CCCCN1C(=O)OC(C)(C)C. The van der Waals surface area contributed by atoms with Crippen LogP contribution >= 0.6 is 0 Å². The summed E-state index contributed by atoms with van der Waals surface area (Å²) in [6.07, 6.45) is 8.45. The van der Waals surface area contributed by atoms with Crippen LogP contribution in [0.2, 0.25) is 0 Å². The van der Waals surface area contributed by atoms with Crippen molar-refractivity contribution >= 4 is 6.09 Å². The van der Waals surface area contributed by atoms with Gasteiger partial charge in [0.15, 0.2) is 0 Å². The van der Waals surface area contributed by atoms with E-state index in [1.54, 1.807) is 0 Å². The third-order valence-corrected chi connectivity index (χ3v) is 4.96. The van der Waals surface area contributed by atoms with Crippen LogP contribution in [0, 0.1) is 5.92 Å². The standard InChI is InChI=1S/C18H34N2O2/c1-5-19-15-11-7-6-10-14(15)16-12-8-9-13-20(16)17(21)22-18(2,3)4/h14-16,19H,5-13H2,1-4H3. The molecule has 1 amide bonds. The van der Waals surface area contributed by atoms with Gasteiger partial charge in [0.1, 0.15) is 5.60 Å². The number of carbonyl (C=O) groups excluding carboxylic acids is 1. The summed E-state index contributed by atoms with van der Waals surface area (Å²) in [5.74, 6) is 0.585. The smallest absolute Gasteiger partial charge is 0.410 e. The molecule has 0 aromatic heterocycles. The normalized spacial score (nSPS) is 30.2. The highest BCUT2D eigenvalue weighted by atomic mass is 16.6. The number of likely N-dealkylation sites (tertiary alicyclic amines) is 1. The first kappa shape index (κ1) is 17.6. The summed E-state index contributed by atoms with van der Waals surface area (Å²) in [5, 5.41) is 3.66. The number of nitrogens with zero attached hydrogens (tertiary/aromatic N) is 1. The van der Waals surface area contributed by atoms with Crippen molar-refractivity contribution in [1.29, 1.82) is 0 Å². The van der Waals surface area contributed by atoms with E-state index in [0.717, 1.165) is 25.9 Å². The minimum Gasteiger partial charge on any atom is -0.444 e. The molecule has 3 unspecified atom stereocenters. The van der Waals surface area contributed by atoms with E-state index in [1.807, 2.05) is 25.7 Å². The molecule has 0 bridgehead atoms. The maximum atomic E-state index is 12.6. The van der Waals surface area contributed by atoms with Crippen LogP contribution in [0.4, 0.5) is 4.79 Å². The van der Waals surface area contributed by atoms with Gasteiger partial charge in [0, 0.05) is 18.6 Å². The molecule has 0 aromatic rings. The number of amides is 1. The van der Waals surface area contributed by atoms with Gasteiger partial charge < -0.3 is 15.0 Å². The first-order valence-electron chi connectivity index (χ1n) is 9.15. The van der Waals surface area contributed by atoms with Gasteiger partial charge in [-0.2, -0.15) is 0 Å². The zero-order valence-corrected chi connectivity index (χ0v) is 14.9. The molecule has 1 saturated heterocycles. The topological polar surface area (TPSA) is 41.6 Å². The van der Waals surface area contributed by atoms with Gasteiger partial charge in [-0.05, 0) is 65.3 Å². The van der Waals surface area contributed by atoms with Gasteiger partial charge in [-0.25, -0.2) is 4.79 Å². The predicted molar refractivity (Wildman–Crippen MR) is 90.0 cm³/mol. The quantitative estimate of drug-likeness (QED) is 0.858. The van der Waals surface area contributed by atoms with E-state index < -0.39 is 5.60 Å². The van der Waals surface area contributed by atoms with Crippen molar-refractivity contribution in [1.82, 2.24) is 10.2 Å². The highest BCUT2D eigenvalue weighted by Crippen LogP contribution is 2.34. The van der Waals surface area contributed by atoms with Crippen molar-refractivity contribution in [3.05, 3.63) is 0 Å². The molecule has 0 spiro atoms. The number of hydrogen-bond donors (Lipinski definition) is 1. The maximum Gasteiger partial charge on any atom is 0.410 e. The lowest BCUT2D eigenvalue weighted by atomic mass is 9.76. The Labute approximate surface area is 136 Å². The van der Waals surface area contributed by atoms with Gasteiger partial charge in [0.05, 0.1) is 0 Å². The second kappa shape index (κ2) is 7.67. The molecule has 4 nitrogen and oxygen atoms in total. The van der Waals surface area contributed by atoms with Gasteiger partial charge in [0.25, 0.3) is 0 Å². The number of hydrogen-bond acceptors (Lipinski definition) is 3. The predicted octanol–water partition coefficient (Wildman–Crippen LogP) is 3.94.